The fraction of sp³-hybridized carbons (Fsp3) is 0.467. The van der Waals surface area contributed by atoms with Gasteiger partial charge >= 0.3 is 16.4 Å². The topological polar surface area (TPSA) is 64.8 Å². The second-order valence-corrected chi connectivity index (χ2v) is 7.52. The maximum absolute atomic E-state index is 13.7. The summed E-state index contributed by atoms with van der Waals surface area (Å²) in [5.74, 6) is -1.82. The Kier molecular flexibility index (Phi) is 4.95. The smallest absolute Gasteiger partial charge is 0.220 e. The van der Waals surface area contributed by atoms with Gasteiger partial charge < -0.3 is 0 Å². The molecule has 0 N–H and O–H groups in total. The Labute approximate surface area is 142 Å². The van der Waals surface area contributed by atoms with Gasteiger partial charge in [0.2, 0.25) is 0 Å². The lowest BCUT2D eigenvalue weighted by Crippen LogP contribution is -2.11. The fourth-order valence-electron chi connectivity index (χ4n) is 2.44. The molecule has 0 spiro atoms. The number of alkyl halides is 3. The molecule has 1 heterocycles. The maximum Gasteiger partial charge on any atom is 0.453 e. The number of halogens is 4. The highest BCUT2D eigenvalue weighted by molar-refractivity contribution is 7.86. The van der Waals surface area contributed by atoms with Gasteiger partial charge in [0.05, 0.1) is 5.69 Å². The predicted molar refractivity (Wildman–Crippen MR) is 82.8 cm³/mol. The Morgan fingerprint density at radius 1 is 1.04 bits per heavy atom. The van der Waals surface area contributed by atoms with E-state index in [1.807, 2.05) is 0 Å². The molecule has 0 aliphatic carbocycles. The van der Waals surface area contributed by atoms with Gasteiger partial charge in [-0.15, -0.1) is 8.98 Å². The van der Waals surface area contributed by atoms with E-state index in [1.165, 1.54) is 6.07 Å². The second-order valence-electron chi connectivity index (χ2n) is 6.21. The van der Waals surface area contributed by atoms with Crippen LogP contribution in [0.3, 0.4) is 0 Å². The Hall–Kier alpha value is -1.97. The van der Waals surface area contributed by atoms with Crippen LogP contribution in [-0.4, -0.2) is 23.2 Å². The van der Waals surface area contributed by atoms with Crippen LogP contribution in [0, 0.1) is 0 Å². The first-order valence-corrected chi connectivity index (χ1v) is 8.82. The fourth-order valence-corrected chi connectivity index (χ4v) is 3.26. The minimum absolute atomic E-state index is 0.0404. The molecule has 0 saturated carbocycles. The van der Waals surface area contributed by atoms with E-state index >= 15 is 0 Å². The molecule has 0 aliphatic rings. The van der Waals surface area contributed by atoms with Gasteiger partial charge in [0.25, 0.3) is 5.82 Å². The van der Waals surface area contributed by atoms with Crippen LogP contribution in [0.15, 0.2) is 23.4 Å². The van der Waals surface area contributed by atoms with E-state index in [9.17, 15) is 25.5 Å². The summed E-state index contributed by atoms with van der Waals surface area (Å²) in [6, 6.07) is 2.50. The highest BCUT2D eigenvalue weighted by atomic mass is 32.3. The van der Waals surface area contributed by atoms with Crippen molar-refractivity contribution in [2.24, 2.45) is 0 Å². The molecule has 2 aromatic rings. The lowest BCUT2D eigenvalue weighted by atomic mass is 9.94. The first-order valence-electron chi connectivity index (χ1n) is 7.44. The van der Waals surface area contributed by atoms with Crippen molar-refractivity contribution in [2.75, 3.05) is 0 Å². The third-order valence-corrected chi connectivity index (χ3v) is 4.54. The van der Waals surface area contributed by atoms with Crippen LogP contribution in [0.5, 0.6) is 0 Å². The summed E-state index contributed by atoms with van der Waals surface area (Å²) >= 11 is 0. The average molecular weight is 379 g/mol. The molecule has 0 bridgehead atoms. The molecule has 138 valence electrons. The summed E-state index contributed by atoms with van der Waals surface area (Å²) in [5, 5.41) is 3.36. The number of nitrogens with zero attached hydrogens (tertiary/aromatic N) is 3. The Bertz CT molecular complexity index is 887. The molecule has 2 rings (SSSR count). The lowest BCUT2D eigenvalue weighted by Gasteiger charge is -2.18. The van der Waals surface area contributed by atoms with Gasteiger partial charge in [-0.25, -0.2) is 9.67 Å². The van der Waals surface area contributed by atoms with Crippen molar-refractivity contribution in [2.45, 2.75) is 50.6 Å². The summed E-state index contributed by atoms with van der Waals surface area (Å²) in [7, 11) is -5.06. The van der Waals surface area contributed by atoms with Crippen LogP contribution < -0.4 is 0 Å². The molecule has 10 heteroatoms. The summed E-state index contributed by atoms with van der Waals surface area (Å²) in [6.45, 7) is 6.97. The van der Waals surface area contributed by atoms with Crippen LogP contribution in [0.2, 0.25) is 0 Å². The van der Waals surface area contributed by atoms with Crippen molar-refractivity contribution < 1.29 is 25.5 Å². The number of benzene rings is 1. The summed E-state index contributed by atoms with van der Waals surface area (Å²) < 4.78 is 75.7. The van der Waals surface area contributed by atoms with E-state index in [2.05, 4.69) is 10.1 Å². The van der Waals surface area contributed by atoms with Crippen molar-refractivity contribution in [3.8, 4) is 5.69 Å². The van der Waals surface area contributed by atoms with Gasteiger partial charge in [-0.3, -0.25) is 0 Å². The summed E-state index contributed by atoms with van der Waals surface area (Å²) in [4.78, 5) is 2.62. The zero-order valence-electron chi connectivity index (χ0n) is 14.0. The Morgan fingerprint density at radius 2 is 1.60 bits per heavy atom. The number of aromatic nitrogens is 3. The van der Waals surface area contributed by atoms with Crippen molar-refractivity contribution >= 4 is 10.2 Å². The van der Waals surface area contributed by atoms with Crippen LogP contribution in [0.1, 0.15) is 56.5 Å². The summed E-state index contributed by atoms with van der Waals surface area (Å²) in [5.41, 5.74) is 0.833. The molecule has 0 fully saturated rings. The molecule has 0 unspecified atom stereocenters. The van der Waals surface area contributed by atoms with Crippen molar-refractivity contribution in [1.82, 2.24) is 14.8 Å². The predicted octanol–water partition coefficient (Wildman–Crippen LogP) is 4.19. The number of hydrogen-bond donors (Lipinski definition) is 0. The standard InChI is InChI=1S/C15H17F4N3O2S/c1-8(2)10-5-11(9(3)4)13(25(19,23)24)6-12(10)22-7-20-14(21-22)15(16,17)18/h5-9H,1-4H3. The minimum Gasteiger partial charge on any atom is -0.220 e. The lowest BCUT2D eigenvalue weighted by molar-refractivity contribution is -0.144. The monoisotopic (exact) mass is 379 g/mol. The van der Waals surface area contributed by atoms with E-state index in [-0.39, 0.29) is 23.1 Å². The van der Waals surface area contributed by atoms with Crippen molar-refractivity contribution in [1.29, 1.82) is 0 Å². The molecule has 0 amide bonds. The molecule has 5 nitrogen and oxygen atoms in total. The normalized spacial score (nSPS) is 13.0. The number of rotatable bonds is 4. The van der Waals surface area contributed by atoms with E-state index in [0.717, 1.165) is 17.1 Å². The van der Waals surface area contributed by atoms with E-state index < -0.39 is 27.1 Å². The Morgan fingerprint density at radius 3 is 2.00 bits per heavy atom. The number of hydrogen-bond acceptors (Lipinski definition) is 4. The molecular formula is C15H17F4N3O2S. The summed E-state index contributed by atoms with van der Waals surface area (Å²) in [6.07, 6.45) is -3.91. The highest BCUT2D eigenvalue weighted by Crippen LogP contribution is 2.34. The molecular weight excluding hydrogens is 362 g/mol. The molecule has 0 aliphatic heterocycles. The third-order valence-electron chi connectivity index (χ3n) is 3.66. The van der Waals surface area contributed by atoms with E-state index in [4.69, 9.17) is 0 Å². The first-order chi connectivity index (χ1) is 11.3. The van der Waals surface area contributed by atoms with Crippen molar-refractivity contribution in [3.63, 3.8) is 0 Å². The highest BCUT2D eigenvalue weighted by Gasteiger charge is 2.36. The maximum atomic E-state index is 13.7. The molecule has 25 heavy (non-hydrogen) atoms. The SMILES string of the molecule is CC(C)c1cc(C(C)C)c(S(=O)(=O)F)cc1-n1cnc(C(F)(F)F)n1. The molecule has 1 aromatic carbocycles. The molecule has 0 saturated heterocycles. The van der Waals surface area contributed by atoms with Gasteiger partial charge in [-0.2, -0.15) is 21.6 Å². The van der Waals surface area contributed by atoms with Gasteiger partial charge in [0.1, 0.15) is 11.2 Å². The molecule has 1 aromatic heterocycles. The molecule has 0 atom stereocenters. The van der Waals surface area contributed by atoms with Crippen LogP contribution in [0.25, 0.3) is 5.69 Å². The largest absolute Gasteiger partial charge is 0.453 e. The minimum atomic E-state index is -5.06. The van der Waals surface area contributed by atoms with E-state index in [1.54, 1.807) is 27.7 Å². The van der Waals surface area contributed by atoms with Gasteiger partial charge in [0.15, 0.2) is 0 Å². The van der Waals surface area contributed by atoms with Crippen LogP contribution >= 0.6 is 0 Å². The zero-order valence-corrected chi connectivity index (χ0v) is 14.8. The van der Waals surface area contributed by atoms with Crippen molar-refractivity contribution in [3.05, 3.63) is 35.4 Å². The van der Waals surface area contributed by atoms with Gasteiger partial charge in [-0.1, -0.05) is 33.8 Å². The second kappa shape index (κ2) is 6.40. The third kappa shape index (κ3) is 4.00. The first kappa shape index (κ1) is 19.4. The van der Waals surface area contributed by atoms with E-state index in [0.29, 0.717) is 5.56 Å². The molecule has 0 radical (unpaired) electrons. The zero-order chi connectivity index (χ0) is 19.2. The Balaban J connectivity index is 2.78. The van der Waals surface area contributed by atoms with Crippen LogP contribution in [-0.2, 0) is 16.4 Å². The average Bonchev–Trinajstić information content (AvgIpc) is 2.94. The quantitative estimate of drug-likeness (QED) is 0.590. The van der Waals surface area contributed by atoms with Gasteiger partial charge in [0, 0.05) is 0 Å². The van der Waals surface area contributed by atoms with Gasteiger partial charge in [-0.05, 0) is 29.0 Å². The van der Waals surface area contributed by atoms with Crippen LogP contribution in [0.4, 0.5) is 17.1 Å².